The summed E-state index contributed by atoms with van der Waals surface area (Å²) >= 11 is 0. The second kappa shape index (κ2) is 7.58. The standard InChI is InChI=1S/C17H25N3O5/c1-17(2,3)25-16(21)19-8-7-12(11-19)10-18-14-9-13(24-4)5-6-15(14)20(22)23/h5-6,9,12,18H,7-8,10-11H2,1-4H3/t12-/m0/s1. The molecule has 0 spiro atoms. The fourth-order valence-corrected chi connectivity index (χ4v) is 2.69. The van der Waals surface area contributed by atoms with Crippen LogP contribution in [0.4, 0.5) is 16.2 Å². The second-order valence-electron chi connectivity index (χ2n) is 7.10. The summed E-state index contributed by atoms with van der Waals surface area (Å²) in [7, 11) is 1.51. The average molecular weight is 351 g/mol. The molecule has 0 aromatic heterocycles. The van der Waals surface area contributed by atoms with E-state index in [-0.39, 0.29) is 17.7 Å². The second-order valence-corrected chi connectivity index (χ2v) is 7.10. The van der Waals surface area contributed by atoms with Crippen molar-refractivity contribution in [2.45, 2.75) is 32.8 Å². The van der Waals surface area contributed by atoms with Crippen molar-refractivity contribution in [1.82, 2.24) is 4.90 Å². The van der Waals surface area contributed by atoms with Crippen LogP contribution in [0.3, 0.4) is 0 Å². The maximum Gasteiger partial charge on any atom is 0.410 e. The number of nitro groups is 1. The minimum absolute atomic E-state index is 0.00259. The SMILES string of the molecule is COc1ccc([N+](=O)[O-])c(NC[C@@H]2CCN(C(=O)OC(C)(C)C)C2)c1. The first-order chi connectivity index (χ1) is 11.7. The van der Waals surface area contributed by atoms with Crippen LogP contribution in [-0.2, 0) is 4.74 Å². The molecule has 0 radical (unpaired) electrons. The van der Waals surface area contributed by atoms with Crippen molar-refractivity contribution < 1.29 is 19.2 Å². The fourth-order valence-electron chi connectivity index (χ4n) is 2.69. The van der Waals surface area contributed by atoms with E-state index in [4.69, 9.17) is 9.47 Å². The van der Waals surface area contributed by atoms with Gasteiger partial charge in [0.15, 0.2) is 0 Å². The molecule has 1 heterocycles. The Morgan fingerprint density at radius 3 is 2.76 bits per heavy atom. The number of hydrogen-bond acceptors (Lipinski definition) is 6. The fraction of sp³-hybridized carbons (Fsp3) is 0.588. The number of hydrogen-bond donors (Lipinski definition) is 1. The number of rotatable bonds is 5. The number of carbonyl (C=O) groups excluding carboxylic acids is 1. The third kappa shape index (κ3) is 5.23. The summed E-state index contributed by atoms with van der Waals surface area (Å²) in [6.45, 7) is 7.24. The van der Waals surface area contributed by atoms with Crippen LogP contribution in [0.5, 0.6) is 5.75 Å². The molecule has 138 valence electrons. The van der Waals surface area contributed by atoms with Crippen molar-refractivity contribution >= 4 is 17.5 Å². The Morgan fingerprint density at radius 1 is 1.44 bits per heavy atom. The monoisotopic (exact) mass is 351 g/mol. The average Bonchev–Trinajstić information content (AvgIpc) is 3.00. The highest BCUT2D eigenvalue weighted by atomic mass is 16.6. The number of nitro benzene ring substituents is 1. The molecule has 0 saturated carbocycles. The van der Waals surface area contributed by atoms with Gasteiger partial charge in [0.2, 0.25) is 0 Å². The Hall–Kier alpha value is -2.51. The lowest BCUT2D eigenvalue weighted by Gasteiger charge is -2.24. The molecule has 1 amide bonds. The number of amides is 1. The van der Waals surface area contributed by atoms with Crippen LogP contribution in [0.15, 0.2) is 18.2 Å². The number of benzene rings is 1. The molecule has 8 nitrogen and oxygen atoms in total. The molecule has 1 aliphatic heterocycles. The van der Waals surface area contributed by atoms with Gasteiger partial charge in [-0.3, -0.25) is 10.1 Å². The summed E-state index contributed by atoms with van der Waals surface area (Å²) in [6, 6.07) is 4.59. The summed E-state index contributed by atoms with van der Waals surface area (Å²) < 4.78 is 10.5. The topological polar surface area (TPSA) is 93.9 Å². The minimum Gasteiger partial charge on any atom is -0.497 e. The van der Waals surface area contributed by atoms with Crippen molar-refractivity contribution in [3.63, 3.8) is 0 Å². The molecule has 1 aromatic rings. The molecule has 1 fully saturated rings. The van der Waals surface area contributed by atoms with Gasteiger partial charge in [-0.2, -0.15) is 0 Å². The van der Waals surface area contributed by atoms with Crippen LogP contribution in [0.2, 0.25) is 0 Å². The van der Waals surface area contributed by atoms with Gasteiger partial charge in [-0.1, -0.05) is 0 Å². The third-order valence-electron chi connectivity index (χ3n) is 3.92. The van der Waals surface area contributed by atoms with Crippen molar-refractivity contribution in [2.75, 3.05) is 32.1 Å². The number of likely N-dealkylation sites (tertiary alicyclic amines) is 1. The molecule has 0 unspecified atom stereocenters. The van der Waals surface area contributed by atoms with E-state index < -0.39 is 10.5 Å². The van der Waals surface area contributed by atoms with E-state index in [1.54, 1.807) is 17.0 Å². The highest BCUT2D eigenvalue weighted by Crippen LogP contribution is 2.29. The molecule has 0 bridgehead atoms. The van der Waals surface area contributed by atoms with E-state index in [0.717, 1.165) is 6.42 Å². The maximum atomic E-state index is 12.1. The van der Waals surface area contributed by atoms with E-state index in [2.05, 4.69) is 5.32 Å². The lowest BCUT2D eigenvalue weighted by Crippen LogP contribution is -2.35. The van der Waals surface area contributed by atoms with Gasteiger partial charge < -0.3 is 19.7 Å². The Balaban J connectivity index is 1.94. The number of nitrogens with zero attached hydrogens (tertiary/aromatic N) is 2. The van der Waals surface area contributed by atoms with Gasteiger partial charge in [-0.15, -0.1) is 0 Å². The number of carbonyl (C=O) groups is 1. The summed E-state index contributed by atoms with van der Waals surface area (Å²) in [5, 5.41) is 14.3. The smallest absolute Gasteiger partial charge is 0.410 e. The van der Waals surface area contributed by atoms with E-state index in [1.165, 1.54) is 13.2 Å². The van der Waals surface area contributed by atoms with Crippen molar-refractivity contribution in [2.24, 2.45) is 5.92 Å². The summed E-state index contributed by atoms with van der Waals surface area (Å²) in [5.41, 5.74) is -0.0999. The third-order valence-corrected chi connectivity index (χ3v) is 3.92. The molecule has 1 aromatic carbocycles. The number of anilines is 1. The molecule has 25 heavy (non-hydrogen) atoms. The number of nitrogens with one attached hydrogen (secondary N) is 1. The first-order valence-corrected chi connectivity index (χ1v) is 8.24. The Kier molecular flexibility index (Phi) is 5.71. The molecular weight excluding hydrogens is 326 g/mol. The molecule has 1 atom stereocenters. The number of methoxy groups -OCH3 is 1. The zero-order chi connectivity index (χ0) is 18.6. The summed E-state index contributed by atoms with van der Waals surface area (Å²) in [6.07, 6.45) is 0.506. The van der Waals surface area contributed by atoms with Crippen LogP contribution in [0.25, 0.3) is 0 Å². The zero-order valence-electron chi connectivity index (χ0n) is 15.1. The van der Waals surface area contributed by atoms with Crippen molar-refractivity contribution in [3.8, 4) is 5.75 Å². The normalized spacial score (nSPS) is 17.3. The maximum absolute atomic E-state index is 12.1. The predicted molar refractivity (Wildman–Crippen MR) is 94.1 cm³/mol. The first-order valence-electron chi connectivity index (χ1n) is 8.24. The lowest BCUT2D eigenvalue weighted by molar-refractivity contribution is -0.384. The van der Waals surface area contributed by atoms with Gasteiger partial charge >= 0.3 is 6.09 Å². The van der Waals surface area contributed by atoms with Gasteiger partial charge in [0.1, 0.15) is 17.0 Å². The van der Waals surface area contributed by atoms with E-state index in [1.807, 2.05) is 20.8 Å². The van der Waals surface area contributed by atoms with Gasteiger partial charge in [0, 0.05) is 31.8 Å². The van der Waals surface area contributed by atoms with Crippen LogP contribution in [-0.4, -0.2) is 48.3 Å². The van der Waals surface area contributed by atoms with Crippen molar-refractivity contribution in [1.29, 1.82) is 0 Å². The Bertz CT molecular complexity index is 642. The van der Waals surface area contributed by atoms with Gasteiger partial charge in [-0.25, -0.2) is 4.79 Å². The lowest BCUT2D eigenvalue weighted by atomic mass is 10.1. The van der Waals surface area contributed by atoms with E-state index in [9.17, 15) is 14.9 Å². The highest BCUT2D eigenvalue weighted by molar-refractivity contribution is 5.68. The summed E-state index contributed by atoms with van der Waals surface area (Å²) in [5.74, 6) is 0.758. The quantitative estimate of drug-likeness (QED) is 0.646. The molecule has 0 aliphatic carbocycles. The van der Waals surface area contributed by atoms with Gasteiger partial charge in [0.05, 0.1) is 12.0 Å². The van der Waals surface area contributed by atoms with E-state index >= 15 is 0 Å². The molecular formula is C17H25N3O5. The Labute approximate surface area is 147 Å². The molecule has 1 aliphatic rings. The minimum atomic E-state index is -0.519. The van der Waals surface area contributed by atoms with Gasteiger partial charge in [-0.05, 0) is 39.2 Å². The van der Waals surface area contributed by atoms with E-state index in [0.29, 0.717) is 31.1 Å². The predicted octanol–water partition coefficient (Wildman–Crippen LogP) is 3.27. The molecule has 8 heteroatoms. The highest BCUT2D eigenvalue weighted by Gasteiger charge is 2.30. The van der Waals surface area contributed by atoms with Crippen molar-refractivity contribution in [3.05, 3.63) is 28.3 Å². The number of ether oxygens (including phenoxy) is 2. The molecule has 1 N–H and O–H groups in total. The zero-order valence-corrected chi connectivity index (χ0v) is 15.1. The van der Waals surface area contributed by atoms with Gasteiger partial charge in [0.25, 0.3) is 5.69 Å². The summed E-state index contributed by atoms with van der Waals surface area (Å²) in [4.78, 5) is 24.5. The molecule has 2 rings (SSSR count). The van der Waals surface area contributed by atoms with Crippen LogP contribution in [0.1, 0.15) is 27.2 Å². The van der Waals surface area contributed by atoms with Crippen LogP contribution < -0.4 is 10.1 Å². The van der Waals surface area contributed by atoms with Crippen LogP contribution in [0, 0.1) is 16.0 Å². The largest absolute Gasteiger partial charge is 0.497 e. The first kappa shape index (κ1) is 18.8. The Morgan fingerprint density at radius 2 is 2.16 bits per heavy atom. The van der Waals surface area contributed by atoms with Crippen LogP contribution >= 0.6 is 0 Å². The molecule has 1 saturated heterocycles.